The van der Waals surface area contributed by atoms with Crippen LogP contribution in [0.1, 0.15) is 17.3 Å². The molecule has 0 fully saturated rings. The monoisotopic (exact) mass is 303 g/mol. The first-order valence-corrected chi connectivity index (χ1v) is 7.20. The molecule has 1 aromatic rings. The van der Waals surface area contributed by atoms with Gasteiger partial charge in [-0.25, -0.2) is 4.39 Å². The summed E-state index contributed by atoms with van der Waals surface area (Å²) in [5.74, 6) is -1.68. The molecule has 7 nitrogen and oxygen atoms in total. The zero-order chi connectivity index (χ0) is 15.4. The molecule has 20 heavy (non-hydrogen) atoms. The molecule has 0 aromatic heterocycles. The lowest BCUT2D eigenvalue weighted by Crippen LogP contribution is -2.33. The molecule has 0 bridgehead atoms. The van der Waals surface area contributed by atoms with Gasteiger partial charge >= 0.3 is 0 Å². The quantitative estimate of drug-likeness (QED) is 0.474. The zero-order valence-electron chi connectivity index (χ0n) is 10.9. The molecule has 9 heteroatoms. The van der Waals surface area contributed by atoms with E-state index >= 15 is 0 Å². The molecule has 0 spiro atoms. The molecule has 0 heterocycles. The van der Waals surface area contributed by atoms with E-state index in [4.69, 9.17) is 5.73 Å². The van der Waals surface area contributed by atoms with E-state index in [1.165, 1.54) is 6.26 Å². The summed E-state index contributed by atoms with van der Waals surface area (Å²) in [6, 6.07) is 1.47. The number of nitro benzene ring substituents is 1. The van der Waals surface area contributed by atoms with Crippen molar-refractivity contribution in [3.63, 3.8) is 0 Å². The average Bonchev–Trinajstić information content (AvgIpc) is 2.37. The molecule has 0 aliphatic rings. The number of carbonyl (C=O) groups excluding carboxylic acids is 1. The third-order valence-corrected chi connectivity index (χ3v) is 3.98. The SMILES string of the molecule is CC(CNC(=O)c1cc(F)cc([N+](=O)[O-])c1N)S(C)=O. The van der Waals surface area contributed by atoms with Crippen LogP contribution in [-0.2, 0) is 10.8 Å². The number of nitrogens with zero attached hydrogens (tertiary/aromatic N) is 1. The largest absolute Gasteiger partial charge is 0.393 e. The maximum absolute atomic E-state index is 13.3. The molecule has 0 aliphatic carbocycles. The van der Waals surface area contributed by atoms with Gasteiger partial charge in [-0.15, -0.1) is 0 Å². The molecule has 1 aromatic carbocycles. The van der Waals surface area contributed by atoms with Gasteiger partial charge in [0.25, 0.3) is 11.6 Å². The minimum Gasteiger partial charge on any atom is -0.393 e. The molecule has 0 aliphatic heterocycles. The summed E-state index contributed by atoms with van der Waals surface area (Å²) in [6.45, 7) is 1.75. The highest BCUT2D eigenvalue weighted by molar-refractivity contribution is 7.84. The summed E-state index contributed by atoms with van der Waals surface area (Å²) in [6.07, 6.45) is 1.48. The van der Waals surface area contributed by atoms with Crippen molar-refractivity contribution >= 4 is 28.1 Å². The molecule has 0 saturated carbocycles. The van der Waals surface area contributed by atoms with Crippen molar-refractivity contribution in [3.8, 4) is 0 Å². The summed E-state index contributed by atoms with van der Waals surface area (Å²) in [4.78, 5) is 21.7. The van der Waals surface area contributed by atoms with Gasteiger partial charge in [0.15, 0.2) is 0 Å². The number of rotatable bonds is 5. The predicted molar refractivity (Wildman–Crippen MR) is 73.3 cm³/mol. The Morgan fingerprint density at radius 2 is 2.20 bits per heavy atom. The van der Waals surface area contributed by atoms with Gasteiger partial charge in [-0.1, -0.05) is 0 Å². The molecule has 110 valence electrons. The number of carbonyl (C=O) groups is 1. The van der Waals surface area contributed by atoms with Crippen LogP contribution in [0, 0.1) is 15.9 Å². The Balaban J connectivity index is 2.99. The zero-order valence-corrected chi connectivity index (χ0v) is 11.7. The van der Waals surface area contributed by atoms with E-state index in [2.05, 4.69) is 5.32 Å². The summed E-state index contributed by atoms with van der Waals surface area (Å²) in [7, 11) is -1.13. The van der Waals surface area contributed by atoms with Gasteiger partial charge in [0.1, 0.15) is 11.5 Å². The Labute approximate surface area is 117 Å². The van der Waals surface area contributed by atoms with E-state index in [0.29, 0.717) is 6.07 Å². The highest BCUT2D eigenvalue weighted by atomic mass is 32.2. The molecule has 3 N–H and O–H groups in total. The van der Waals surface area contributed by atoms with Gasteiger partial charge in [0.05, 0.1) is 16.6 Å². The fourth-order valence-electron chi connectivity index (χ4n) is 1.39. The van der Waals surface area contributed by atoms with Crippen LogP contribution in [-0.4, -0.2) is 33.1 Å². The van der Waals surface area contributed by atoms with Gasteiger partial charge in [-0.3, -0.25) is 19.1 Å². The number of nitrogens with one attached hydrogen (secondary N) is 1. The third-order valence-electron chi connectivity index (χ3n) is 2.68. The van der Waals surface area contributed by atoms with Crippen LogP contribution in [0.4, 0.5) is 15.8 Å². The summed E-state index contributed by atoms with van der Waals surface area (Å²) >= 11 is 0. The molecule has 1 rings (SSSR count). The van der Waals surface area contributed by atoms with Gasteiger partial charge < -0.3 is 11.1 Å². The van der Waals surface area contributed by atoms with Crippen LogP contribution >= 0.6 is 0 Å². The molecule has 2 unspecified atom stereocenters. The Morgan fingerprint density at radius 1 is 1.60 bits per heavy atom. The van der Waals surface area contributed by atoms with Crippen LogP contribution < -0.4 is 11.1 Å². The van der Waals surface area contributed by atoms with Crippen molar-refractivity contribution < 1.29 is 18.3 Å². The van der Waals surface area contributed by atoms with Gasteiger partial charge in [-0.05, 0) is 13.0 Å². The number of benzene rings is 1. The van der Waals surface area contributed by atoms with Crippen molar-refractivity contribution in [2.24, 2.45) is 0 Å². The predicted octanol–water partition coefficient (Wildman–Crippen LogP) is 0.813. The summed E-state index contributed by atoms with van der Waals surface area (Å²) in [5, 5.41) is 12.8. The number of nitrogens with two attached hydrogens (primary N) is 1. The Kier molecular flexibility index (Phi) is 5.14. The minimum atomic E-state index is -1.13. The molecule has 0 radical (unpaired) electrons. The lowest BCUT2D eigenvalue weighted by molar-refractivity contribution is -0.384. The van der Waals surface area contributed by atoms with Crippen molar-refractivity contribution in [3.05, 3.63) is 33.6 Å². The van der Waals surface area contributed by atoms with Crippen LogP contribution in [0.25, 0.3) is 0 Å². The van der Waals surface area contributed by atoms with Gasteiger partial charge in [0, 0.05) is 28.9 Å². The number of hydrogen-bond donors (Lipinski definition) is 2. The van der Waals surface area contributed by atoms with Crippen LogP contribution in [0.5, 0.6) is 0 Å². The van der Waals surface area contributed by atoms with E-state index in [-0.39, 0.29) is 17.4 Å². The summed E-state index contributed by atoms with van der Waals surface area (Å²) in [5.41, 5.74) is 4.11. The van der Waals surface area contributed by atoms with Gasteiger partial charge in [0.2, 0.25) is 0 Å². The second-order valence-corrected chi connectivity index (χ2v) is 5.96. The maximum atomic E-state index is 13.3. The van der Waals surface area contributed by atoms with Gasteiger partial charge in [-0.2, -0.15) is 0 Å². The number of hydrogen-bond acceptors (Lipinski definition) is 5. The highest BCUT2D eigenvalue weighted by Gasteiger charge is 2.22. The van der Waals surface area contributed by atoms with E-state index < -0.39 is 38.8 Å². The fourth-order valence-corrected chi connectivity index (χ4v) is 1.71. The highest BCUT2D eigenvalue weighted by Crippen LogP contribution is 2.26. The van der Waals surface area contributed by atoms with Crippen molar-refractivity contribution in [2.75, 3.05) is 18.5 Å². The lowest BCUT2D eigenvalue weighted by atomic mass is 10.1. The fraction of sp³-hybridized carbons (Fsp3) is 0.364. The second-order valence-electron chi connectivity index (χ2n) is 4.16. The second kappa shape index (κ2) is 6.42. The van der Waals surface area contributed by atoms with Crippen LogP contribution in [0.3, 0.4) is 0 Å². The molecule has 2 atom stereocenters. The Bertz CT molecular complexity index is 579. The summed E-state index contributed by atoms with van der Waals surface area (Å²) < 4.78 is 24.4. The standard InChI is InChI=1S/C11H14FN3O4S/c1-6(20(2)19)5-14-11(16)8-3-7(12)4-9(10(8)13)15(17)18/h3-4,6H,5,13H2,1-2H3,(H,14,16). The molecule has 0 saturated heterocycles. The first kappa shape index (κ1) is 16.0. The normalized spacial score (nSPS) is 13.6. The van der Waals surface area contributed by atoms with Crippen LogP contribution in [0.15, 0.2) is 12.1 Å². The number of anilines is 1. The lowest BCUT2D eigenvalue weighted by Gasteiger charge is -2.11. The number of amides is 1. The minimum absolute atomic E-state index is 0.0890. The van der Waals surface area contributed by atoms with Crippen molar-refractivity contribution in [2.45, 2.75) is 12.2 Å². The molecule has 1 amide bonds. The molecular formula is C11H14FN3O4S. The van der Waals surface area contributed by atoms with Crippen molar-refractivity contribution in [1.82, 2.24) is 5.32 Å². The Morgan fingerprint density at radius 3 is 2.70 bits per heavy atom. The third kappa shape index (κ3) is 3.73. The topological polar surface area (TPSA) is 115 Å². The van der Waals surface area contributed by atoms with E-state index in [9.17, 15) is 23.5 Å². The van der Waals surface area contributed by atoms with E-state index in [1.807, 2.05) is 0 Å². The first-order valence-electron chi connectivity index (χ1n) is 5.58. The Hall–Kier alpha value is -2.03. The first-order chi connectivity index (χ1) is 9.23. The smallest absolute Gasteiger partial charge is 0.295 e. The van der Waals surface area contributed by atoms with Crippen molar-refractivity contribution in [1.29, 1.82) is 0 Å². The number of nitro groups is 1. The van der Waals surface area contributed by atoms with E-state index in [0.717, 1.165) is 6.07 Å². The van der Waals surface area contributed by atoms with E-state index in [1.54, 1.807) is 6.92 Å². The number of nitrogen functional groups attached to an aromatic ring is 1. The maximum Gasteiger partial charge on any atom is 0.295 e. The number of halogens is 1. The average molecular weight is 303 g/mol. The molecular weight excluding hydrogens is 289 g/mol. The van der Waals surface area contributed by atoms with Crippen LogP contribution in [0.2, 0.25) is 0 Å².